The van der Waals surface area contributed by atoms with Crippen LogP contribution in [-0.2, 0) is 22.7 Å². The van der Waals surface area contributed by atoms with Gasteiger partial charge < -0.3 is 9.30 Å². The molecule has 0 N–H and O–H groups in total. The standard InChI is InChI=1S/C23H22N2O2/c1-4-15-25-20(16-27-23(26)17(2)3)24-21(18-11-7-5-8-12-18)22(25)19-13-9-6-10-14-19/h4-14H,1-2,15-16H2,3H3. The molecular weight excluding hydrogens is 336 g/mol. The van der Waals surface area contributed by atoms with Gasteiger partial charge in [0.2, 0.25) is 0 Å². The third kappa shape index (κ3) is 4.06. The van der Waals surface area contributed by atoms with Gasteiger partial charge in [0, 0.05) is 23.2 Å². The van der Waals surface area contributed by atoms with Crippen molar-refractivity contribution in [2.45, 2.75) is 20.1 Å². The maximum absolute atomic E-state index is 11.8. The summed E-state index contributed by atoms with van der Waals surface area (Å²) in [6.45, 7) is 9.76. The Hall–Kier alpha value is -3.40. The lowest BCUT2D eigenvalue weighted by Gasteiger charge is -2.11. The Morgan fingerprint density at radius 3 is 2.22 bits per heavy atom. The molecule has 0 aliphatic heterocycles. The van der Waals surface area contributed by atoms with Crippen LogP contribution in [0.3, 0.4) is 0 Å². The van der Waals surface area contributed by atoms with Crippen LogP contribution in [0, 0.1) is 0 Å². The lowest BCUT2D eigenvalue weighted by molar-refractivity contribution is -0.140. The van der Waals surface area contributed by atoms with Crippen molar-refractivity contribution in [3.05, 3.63) is 91.3 Å². The van der Waals surface area contributed by atoms with Crippen molar-refractivity contribution in [2.24, 2.45) is 0 Å². The smallest absolute Gasteiger partial charge is 0.333 e. The fraction of sp³-hybridized carbons (Fsp3) is 0.130. The molecule has 0 aliphatic carbocycles. The Kier molecular flexibility index (Phi) is 5.67. The number of carbonyl (C=O) groups excluding carboxylic acids is 1. The Bertz CT molecular complexity index is 957. The van der Waals surface area contributed by atoms with E-state index < -0.39 is 5.97 Å². The fourth-order valence-electron chi connectivity index (χ4n) is 2.87. The highest BCUT2D eigenvalue weighted by molar-refractivity contribution is 5.87. The summed E-state index contributed by atoms with van der Waals surface area (Å²) in [4.78, 5) is 16.7. The van der Waals surface area contributed by atoms with Crippen LogP contribution in [-0.4, -0.2) is 15.5 Å². The summed E-state index contributed by atoms with van der Waals surface area (Å²) in [5.74, 6) is 0.243. The molecule has 0 unspecified atom stereocenters. The van der Waals surface area contributed by atoms with Crippen LogP contribution in [0.5, 0.6) is 0 Å². The van der Waals surface area contributed by atoms with E-state index >= 15 is 0 Å². The van der Waals surface area contributed by atoms with Gasteiger partial charge in [0.15, 0.2) is 0 Å². The number of carbonyl (C=O) groups is 1. The first-order chi connectivity index (χ1) is 13.1. The number of esters is 1. The van der Waals surface area contributed by atoms with Gasteiger partial charge in [-0.15, -0.1) is 6.58 Å². The minimum Gasteiger partial charge on any atom is -0.454 e. The number of nitrogens with zero attached hydrogens (tertiary/aromatic N) is 2. The molecule has 2 aromatic carbocycles. The van der Waals surface area contributed by atoms with Crippen molar-refractivity contribution in [3.63, 3.8) is 0 Å². The zero-order valence-electron chi connectivity index (χ0n) is 15.4. The molecule has 0 saturated carbocycles. The number of imidazole rings is 1. The van der Waals surface area contributed by atoms with Gasteiger partial charge >= 0.3 is 5.97 Å². The predicted molar refractivity (Wildman–Crippen MR) is 108 cm³/mol. The minimum atomic E-state index is -0.425. The Labute approximate surface area is 159 Å². The van der Waals surface area contributed by atoms with Crippen LogP contribution in [0.4, 0.5) is 0 Å². The van der Waals surface area contributed by atoms with Gasteiger partial charge in [0.25, 0.3) is 0 Å². The average molecular weight is 358 g/mol. The van der Waals surface area contributed by atoms with E-state index in [0.29, 0.717) is 17.9 Å². The number of aromatic nitrogens is 2. The second-order valence-corrected chi connectivity index (χ2v) is 6.21. The quantitative estimate of drug-likeness (QED) is 0.338. The number of allylic oxidation sites excluding steroid dienone is 1. The highest BCUT2D eigenvalue weighted by atomic mass is 16.5. The summed E-state index contributed by atoms with van der Waals surface area (Å²) < 4.78 is 7.40. The van der Waals surface area contributed by atoms with Gasteiger partial charge in [-0.25, -0.2) is 9.78 Å². The molecule has 0 amide bonds. The Morgan fingerprint density at radius 1 is 1.07 bits per heavy atom. The summed E-state index contributed by atoms with van der Waals surface area (Å²) >= 11 is 0. The van der Waals surface area contributed by atoms with E-state index in [1.165, 1.54) is 0 Å². The Morgan fingerprint density at radius 2 is 1.67 bits per heavy atom. The SMILES string of the molecule is C=CCn1c(COC(=O)C(=C)C)nc(-c2ccccc2)c1-c1ccccc1. The highest BCUT2D eigenvalue weighted by Crippen LogP contribution is 2.33. The molecule has 0 aliphatic rings. The first kappa shape index (κ1) is 18.4. The molecular formula is C23H22N2O2. The van der Waals surface area contributed by atoms with Gasteiger partial charge in [-0.2, -0.15) is 0 Å². The highest BCUT2D eigenvalue weighted by Gasteiger charge is 2.20. The Balaban J connectivity index is 2.14. The lowest BCUT2D eigenvalue weighted by atomic mass is 10.0. The predicted octanol–water partition coefficient (Wildman–Crippen LogP) is 5.02. The lowest BCUT2D eigenvalue weighted by Crippen LogP contribution is -2.10. The van der Waals surface area contributed by atoms with Gasteiger partial charge in [-0.05, 0) is 6.92 Å². The van der Waals surface area contributed by atoms with Crippen LogP contribution < -0.4 is 0 Å². The summed E-state index contributed by atoms with van der Waals surface area (Å²) in [7, 11) is 0. The van der Waals surface area contributed by atoms with E-state index in [2.05, 4.69) is 13.2 Å². The summed E-state index contributed by atoms with van der Waals surface area (Å²) in [6.07, 6.45) is 1.81. The summed E-state index contributed by atoms with van der Waals surface area (Å²) in [5, 5.41) is 0. The molecule has 3 aromatic rings. The van der Waals surface area contributed by atoms with Crippen molar-refractivity contribution in [1.82, 2.24) is 9.55 Å². The van der Waals surface area contributed by atoms with Crippen LogP contribution in [0.2, 0.25) is 0 Å². The van der Waals surface area contributed by atoms with E-state index in [4.69, 9.17) is 9.72 Å². The van der Waals surface area contributed by atoms with E-state index in [1.54, 1.807) is 6.92 Å². The first-order valence-electron chi connectivity index (χ1n) is 8.75. The van der Waals surface area contributed by atoms with Gasteiger partial charge in [0.05, 0.1) is 11.4 Å². The van der Waals surface area contributed by atoms with Crippen molar-refractivity contribution in [2.75, 3.05) is 0 Å². The van der Waals surface area contributed by atoms with Crippen LogP contribution in [0.25, 0.3) is 22.5 Å². The van der Waals surface area contributed by atoms with Crippen LogP contribution in [0.1, 0.15) is 12.7 Å². The molecule has 0 fully saturated rings. The molecule has 27 heavy (non-hydrogen) atoms. The van der Waals surface area contributed by atoms with E-state index in [0.717, 1.165) is 22.5 Å². The second kappa shape index (κ2) is 8.32. The summed E-state index contributed by atoms with van der Waals surface area (Å²) in [5.41, 5.74) is 4.24. The topological polar surface area (TPSA) is 44.1 Å². The van der Waals surface area contributed by atoms with Gasteiger partial charge in [0.1, 0.15) is 12.4 Å². The second-order valence-electron chi connectivity index (χ2n) is 6.21. The van der Waals surface area contributed by atoms with Crippen LogP contribution in [0.15, 0.2) is 85.5 Å². The molecule has 0 bridgehead atoms. The first-order valence-corrected chi connectivity index (χ1v) is 8.75. The van der Waals surface area contributed by atoms with Crippen molar-refractivity contribution in [1.29, 1.82) is 0 Å². The van der Waals surface area contributed by atoms with E-state index in [9.17, 15) is 4.79 Å². The molecule has 4 nitrogen and oxygen atoms in total. The van der Waals surface area contributed by atoms with E-state index in [-0.39, 0.29) is 6.61 Å². The average Bonchev–Trinajstić information content (AvgIpc) is 3.06. The van der Waals surface area contributed by atoms with Crippen LogP contribution >= 0.6 is 0 Å². The molecule has 0 atom stereocenters. The maximum Gasteiger partial charge on any atom is 0.333 e. The van der Waals surface area contributed by atoms with Crippen molar-refractivity contribution in [3.8, 4) is 22.5 Å². The summed E-state index contributed by atoms with van der Waals surface area (Å²) in [6, 6.07) is 20.1. The van der Waals surface area contributed by atoms with Gasteiger partial charge in [-0.1, -0.05) is 73.3 Å². The molecule has 0 spiro atoms. The third-order valence-electron chi connectivity index (χ3n) is 4.13. The third-order valence-corrected chi connectivity index (χ3v) is 4.13. The minimum absolute atomic E-state index is 0.0756. The molecule has 4 heteroatoms. The fourth-order valence-corrected chi connectivity index (χ4v) is 2.87. The number of ether oxygens (including phenoxy) is 1. The molecule has 1 heterocycles. The zero-order chi connectivity index (χ0) is 19.2. The zero-order valence-corrected chi connectivity index (χ0v) is 15.4. The molecule has 0 radical (unpaired) electrons. The monoisotopic (exact) mass is 358 g/mol. The van der Waals surface area contributed by atoms with Crippen molar-refractivity contribution < 1.29 is 9.53 Å². The maximum atomic E-state index is 11.8. The number of hydrogen-bond donors (Lipinski definition) is 0. The molecule has 0 saturated heterocycles. The number of benzene rings is 2. The van der Waals surface area contributed by atoms with E-state index in [1.807, 2.05) is 71.3 Å². The molecule has 1 aromatic heterocycles. The van der Waals surface area contributed by atoms with Crippen molar-refractivity contribution >= 4 is 5.97 Å². The number of rotatable bonds is 7. The normalized spacial score (nSPS) is 10.4. The molecule has 3 rings (SSSR count). The largest absolute Gasteiger partial charge is 0.454 e. The molecule has 136 valence electrons. The number of hydrogen-bond acceptors (Lipinski definition) is 3. The van der Waals surface area contributed by atoms with Gasteiger partial charge in [-0.3, -0.25) is 0 Å².